The minimum atomic E-state index is 0.780. The van der Waals surface area contributed by atoms with Crippen LogP contribution in [-0.4, -0.2) is 48.1 Å². The predicted octanol–water partition coefficient (Wildman–Crippen LogP) is 1.56. The van der Waals surface area contributed by atoms with Crippen molar-refractivity contribution in [3.05, 3.63) is 0 Å². The van der Waals surface area contributed by atoms with Gasteiger partial charge in [0.25, 0.3) is 0 Å². The van der Waals surface area contributed by atoms with Crippen LogP contribution in [0, 0.1) is 0 Å². The fourth-order valence-corrected chi connectivity index (χ4v) is 3.29. The van der Waals surface area contributed by atoms with Gasteiger partial charge in [0, 0.05) is 36.2 Å². The van der Waals surface area contributed by atoms with Crippen molar-refractivity contribution in [1.29, 1.82) is 0 Å². The van der Waals surface area contributed by atoms with Gasteiger partial charge in [-0.05, 0) is 26.3 Å². The molecule has 14 heavy (non-hydrogen) atoms. The summed E-state index contributed by atoms with van der Waals surface area (Å²) in [5.41, 5.74) is 0. The zero-order valence-electron chi connectivity index (χ0n) is 9.33. The Morgan fingerprint density at radius 3 is 2.79 bits per heavy atom. The molecule has 2 atom stereocenters. The van der Waals surface area contributed by atoms with Crippen LogP contribution in [0.25, 0.3) is 0 Å². The third-order valence-corrected chi connectivity index (χ3v) is 4.62. The number of hydrogen-bond donors (Lipinski definition) is 1. The van der Waals surface area contributed by atoms with Gasteiger partial charge in [0.1, 0.15) is 0 Å². The second-order valence-corrected chi connectivity index (χ2v) is 6.21. The van der Waals surface area contributed by atoms with E-state index in [-0.39, 0.29) is 0 Å². The molecule has 0 bridgehead atoms. The molecule has 1 aliphatic carbocycles. The first-order chi connectivity index (χ1) is 6.75. The maximum Gasteiger partial charge on any atom is 0.0169 e. The first-order valence-corrected chi connectivity index (χ1v) is 6.86. The highest BCUT2D eigenvalue weighted by atomic mass is 32.2. The number of nitrogens with zero attached hydrogens (tertiary/aromatic N) is 1. The lowest BCUT2D eigenvalue weighted by atomic mass is 10.2. The van der Waals surface area contributed by atoms with Crippen LogP contribution in [0.4, 0.5) is 0 Å². The summed E-state index contributed by atoms with van der Waals surface area (Å²) in [6, 6.07) is 1.69. The first-order valence-electron chi connectivity index (χ1n) is 5.81. The molecule has 1 aliphatic heterocycles. The molecule has 82 valence electrons. The van der Waals surface area contributed by atoms with E-state index in [9.17, 15) is 0 Å². The van der Waals surface area contributed by atoms with Gasteiger partial charge in [-0.25, -0.2) is 0 Å². The molecular formula is C11H22N2S. The van der Waals surface area contributed by atoms with E-state index < -0.39 is 0 Å². The predicted molar refractivity (Wildman–Crippen MR) is 64.0 cm³/mol. The van der Waals surface area contributed by atoms with Gasteiger partial charge >= 0.3 is 0 Å². The summed E-state index contributed by atoms with van der Waals surface area (Å²) in [6.07, 6.45) is 4.21. The summed E-state index contributed by atoms with van der Waals surface area (Å²) in [4.78, 5) is 2.50. The molecule has 2 nitrogen and oxygen atoms in total. The second kappa shape index (κ2) is 4.86. The molecular weight excluding hydrogens is 192 g/mol. The molecule has 1 heterocycles. The molecule has 2 unspecified atom stereocenters. The first kappa shape index (κ1) is 10.8. The Morgan fingerprint density at radius 1 is 1.43 bits per heavy atom. The van der Waals surface area contributed by atoms with Gasteiger partial charge in [-0.15, -0.1) is 0 Å². The maximum atomic E-state index is 3.66. The average molecular weight is 214 g/mol. The normalized spacial score (nSPS) is 32.8. The van der Waals surface area contributed by atoms with Gasteiger partial charge in [0.2, 0.25) is 0 Å². The SMILES string of the molecule is CC1CC(NCCN(C)C2CC2)CS1. The van der Waals surface area contributed by atoms with Crippen LogP contribution in [-0.2, 0) is 0 Å². The van der Waals surface area contributed by atoms with E-state index in [1.807, 2.05) is 0 Å². The summed E-state index contributed by atoms with van der Waals surface area (Å²) in [5, 5.41) is 4.53. The highest BCUT2D eigenvalue weighted by Crippen LogP contribution is 2.26. The quantitative estimate of drug-likeness (QED) is 0.748. The van der Waals surface area contributed by atoms with E-state index in [1.165, 1.54) is 38.1 Å². The number of thioether (sulfide) groups is 1. The molecule has 0 amide bonds. The summed E-state index contributed by atoms with van der Waals surface area (Å²) >= 11 is 2.11. The zero-order valence-corrected chi connectivity index (χ0v) is 10.1. The van der Waals surface area contributed by atoms with Crippen molar-refractivity contribution in [3.63, 3.8) is 0 Å². The molecule has 0 aromatic rings. The molecule has 1 saturated heterocycles. The summed E-state index contributed by atoms with van der Waals surface area (Å²) in [7, 11) is 2.26. The van der Waals surface area contributed by atoms with Gasteiger partial charge in [-0.1, -0.05) is 6.92 Å². The van der Waals surface area contributed by atoms with Crippen LogP contribution < -0.4 is 5.32 Å². The number of nitrogens with one attached hydrogen (secondary N) is 1. The van der Waals surface area contributed by atoms with Crippen LogP contribution in [0.2, 0.25) is 0 Å². The van der Waals surface area contributed by atoms with Crippen LogP contribution in [0.15, 0.2) is 0 Å². The lowest BCUT2D eigenvalue weighted by Crippen LogP contribution is -2.36. The van der Waals surface area contributed by atoms with Gasteiger partial charge < -0.3 is 10.2 Å². The third kappa shape index (κ3) is 3.14. The summed E-state index contributed by atoms with van der Waals surface area (Å²) in [6.45, 7) is 4.73. The van der Waals surface area contributed by atoms with E-state index in [0.29, 0.717) is 0 Å². The van der Waals surface area contributed by atoms with Crippen molar-refractivity contribution < 1.29 is 0 Å². The van der Waals surface area contributed by atoms with Gasteiger partial charge in [-0.3, -0.25) is 0 Å². The van der Waals surface area contributed by atoms with E-state index in [2.05, 4.69) is 35.9 Å². The maximum absolute atomic E-state index is 3.66. The van der Waals surface area contributed by atoms with Crippen molar-refractivity contribution in [2.45, 2.75) is 43.5 Å². The molecule has 0 spiro atoms. The van der Waals surface area contributed by atoms with Crippen LogP contribution in [0.3, 0.4) is 0 Å². The molecule has 2 aliphatic rings. The van der Waals surface area contributed by atoms with Crippen molar-refractivity contribution in [2.24, 2.45) is 0 Å². The Hall–Kier alpha value is 0.270. The van der Waals surface area contributed by atoms with Crippen molar-refractivity contribution in [1.82, 2.24) is 10.2 Å². The molecule has 0 radical (unpaired) electrons. The zero-order chi connectivity index (χ0) is 9.97. The number of rotatable bonds is 5. The van der Waals surface area contributed by atoms with E-state index in [1.54, 1.807) is 0 Å². The molecule has 2 fully saturated rings. The fourth-order valence-electron chi connectivity index (χ4n) is 2.10. The number of likely N-dealkylation sites (N-methyl/N-ethyl adjacent to an activating group) is 1. The summed E-state index contributed by atoms with van der Waals surface area (Å²) < 4.78 is 0. The van der Waals surface area contributed by atoms with E-state index in [4.69, 9.17) is 0 Å². The second-order valence-electron chi connectivity index (χ2n) is 4.74. The van der Waals surface area contributed by atoms with Crippen LogP contribution in [0.1, 0.15) is 26.2 Å². The van der Waals surface area contributed by atoms with Gasteiger partial charge in [-0.2, -0.15) is 11.8 Å². The molecule has 3 heteroatoms. The highest BCUT2D eigenvalue weighted by Gasteiger charge is 2.26. The highest BCUT2D eigenvalue weighted by molar-refractivity contribution is 8.00. The fraction of sp³-hybridized carbons (Fsp3) is 1.00. The molecule has 1 N–H and O–H groups in total. The van der Waals surface area contributed by atoms with E-state index in [0.717, 1.165) is 17.3 Å². The Labute approximate surface area is 91.8 Å². The van der Waals surface area contributed by atoms with Crippen LogP contribution in [0.5, 0.6) is 0 Å². The molecule has 2 rings (SSSR count). The van der Waals surface area contributed by atoms with Gasteiger partial charge in [0.05, 0.1) is 0 Å². The Morgan fingerprint density at radius 2 is 2.21 bits per heavy atom. The smallest absolute Gasteiger partial charge is 0.0169 e. The van der Waals surface area contributed by atoms with Crippen molar-refractivity contribution >= 4 is 11.8 Å². The molecule has 0 aromatic carbocycles. The van der Waals surface area contributed by atoms with Crippen molar-refractivity contribution in [2.75, 3.05) is 25.9 Å². The van der Waals surface area contributed by atoms with Crippen LogP contribution >= 0.6 is 11.8 Å². The minimum Gasteiger partial charge on any atom is -0.312 e. The minimum absolute atomic E-state index is 0.780. The Balaban J connectivity index is 1.54. The monoisotopic (exact) mass is 214 g/mol. The topological polar surface area (TPSA) is 15.3 Å². The average Bonchev–Trinajstić information content (AvgIpc) is 2.92. The standard InChI is InChI=1S/C11H22N2S/c1-9-7-10(8-14-9)12-5-6-13(2)11-3-4-11/h9-12H,3-8H2,1-2H3. The lowest BCUT2D eigenvalue weighted by molar-refractivity contribution is 0.316. The summed E-state index contributed by atoms with van der Waals surface area (Å²) in [5.74, 6) is 1.31. The third-order valence-electron chi connectivity index (χ3n) is 3.27. The Kier molecular flexibility index (Phi) is 3.74. The van der Waals surface area contributed by atoms with Gasteiger partial charge in [0.15, 0.2) is 0 Å². The number of hydrogen-bond acceptors (Lipinski definition) is 3. The van der Waals surface area contributed by atoms with E-state index >= 15 is 0 Å². The Bertz CT molecular complexity index is 182. The van der Waals surface area contributed by atoms with Crippen molar-refractivity contribution in [3.8, 4) is 0 Å². The lowest BCUT2D eigenvalue weighted by Gasteiger charge is -2.18. The molecule has 0 aromatic heterocycles. The largest absolute Gasteiger partial charge is 0.312 e. The molecule has 1 saturated carbocycles.